The second kappa shape index (κ2) is 9.13. The molecule has 0 unspecified atom stereocenters. The average Bonchev–Trinajstić information content (AvgIpc) is 3.12. The largest absolute Gasteiger partial charge is 0.298 e. The van der Waals surface area contributed by atoms with E-state index in [9.17, 15) is 13.2 Å². The van der Waals surface area contributed by atoms with E-state index in [1.165, 1.54) is 44.3 Å². The molecule has 1 aromatic heterocycles. The standard InChI is InChI=1S/C21H30N4O3S2/c1-14-6-8-25(9-7-14)12-18-13-29-21(22-18)23-20(26)17-10-15(2)16(3)19(11-17)30(27,28)24(4)5/h10-11,13-14H,6-9,12H2,1-5H3,(H,22,23,26). The van der Waals surface area contributed by atoms with Crippen molar-refractivity contribution >= 4 is 32.4 Å². The SMILES string of the molecule is Cc1cc(C(=O)Nc2nc(CN3CCC(C)CC3)cs2)cc(S(=O)(=O)N(C)C)c1C. The van der Waals surface area contributed by atoms with Gasteiger partial charge in [-0.15, -0.1) is 11.3 Å². The number of sulfonamides is 1. The summed E-state index contributed by atoms with van der Waals surface area (Å²) in [5.41, 5.74) is 2.65. The number of nitrogens with zero attached hydrogens (tertiary/aromatic N) is 3. The van der Waals surface area contributed by atoms with Crippen molar-refractivity contribution in [2.45, 2.75) is 45.1 Å². The van der Waals surface area contributed by atoms with E-state index in [2.05, 4.69) is 22.1 Å². The molecule has 3 rings (SSSR count). The number of aromatic nitrogens is 1. The Balaban J connectivity index is 1.74. The first-order valence-corrected chi connectivity index (χ1v) is 12.4. The van der Waals surface area contributed by atoms with Gasteiger partial charge in [-0.25, -0.2) is 17.7 Å². The van der Waals surface area contributed by atoms with E-state index in [4.69, 9.17) is 0 Å². The summed E-state index contributed by atoms with van der Waals surface area (Å²) in [5.74, 6) is 0.423. The lowest BCUT2D eigenvalue weighted by Gasteiger charge is -2.29. The van der Waals surface area contributed by atoms with Crippen molar-refractivity contribution in [2.75, 3.05) is 32.5 Å². The van der Waals surface area contributed by atoms with Crippen LogP contribution in [0.2, 0.25) is 0 Å². The van der Waals surface area contributed by atoms with Gasteiger partial charge in [0.15, 0.2) is 5.13 Å². The van der Waals surface area contributed by atoms with Crippen LogP contribution in [0.15, 0.2) is 22.4 Å². The maximum Gasteiger partial charge on any atom is 0.257 e. The number of rotatable bonds is 6. The third-order valence-corrected chi connectivity index (χ3v) is 8.42. The van der Waals surface area contributed by atoms with E-state index < -0.39 is 10.0 Å². The number of aryl methyl sites for hydroxylation is 1. The monoisotopic (exact) mass is 450 g/mol. The highest BCUT2D eigenvalue weighted by Gasteiger charge is 2.23. The van der Waals surface area contributed by atoms with E-state index in [0.29, 0.717) is 16.3 Å². The van der Waals surface area contributed by atoms with Gasteiger partial charge in [-0.3, -0.25) is 15.0 Å². The van der Waals surface area contributed by atoms with Crippen LogP contribution in [0.5, 0.6) is 0 Å². The molecular weight excluding hydrogens is 420 g/mol. The lowest BCUT2D eigenvalue weighted by atomic mass is 9.99. The highest BCUT2D eigenvalue weighted by atomic mass is 32.2. The van der Waals surface area contributed by atoms with Gasteiger partial charge >= 0.3 is 0 Å². The molecule has 164 valence electrons. The first-order valence-electron chi connectivity index (χ1n) is 10.1. The number of carbonyl (C=O) groups is 1. The van der Waals surface area contributed by atoms with Gasteiger partial charge in [-0.1, -0.05) is 6.92 Å². The van der Waals surface area contributed by atoms with Crippen molar-refractivity contribution in [3.63, 3.8) is 0 Å². The van der Waals surface area contributed by atoms with E-state index >= 15 is 0 Å². The van der Waals surface area contributed by atoms with Gasteiger partial charge in [0.05, 0.1) is 10.6 Å². The molecule has 1 aliphatic rings. The Morgan fingerprint density at radius 2 is 1.93 bits per heavy atom. The van der Waals surface area contributed by atoms with Crippen LogP contribution in [0.4, 0.5) is 5.13 Å². The number of nitrogens with one attached hydrogen (secondary N) is 1. The van der Waals surface area contributed by atoms with Gasteiger partial charge in [0.1, 0.15) is 0 Å². The van der Waals surface area contributed by atoms with E-state index in [-0.39, 0.29) is 10.8 Å². The molecule has 2 aromatic rings. The topological polar surface area (TPSA) is 82.6 Å². The summed E-state index contributed by atoms with van der Waals surface area (Å²) in [6, 6.07) is 3.15. The van der Waals surface area contributed by atoms with Gasteiger partial charge in [0.2, 0.25) is 10.0 Å². The molecule has 1 amide bonds. The fourth-order valence-corrected chi connectivity index (χ4v) is 5.39. The highest BCUT2D eigenvalue weighted by Crippen LogP contribution is 2.25. The molecule has 1 N–H and O–H groups in total. The first kappa shape index (κ1) is 22.9. The lowest BCUT2D eigenvalue weighted by Crippen LogP contribution is -2.32. The minimum atomic E-state index is -3.64. The summed E-state index contributed by atoms with van der Waals surface area (Å²) in [4.78, 5) is 19.9. The average molecular weight is 451 g/mol. The molecule has 1 aromatic carbocycles. The molecule has 2 heterocycles. The molecule has 0 atom stereocenters. The molecule has 0 bridgehead atoms. The summed E-state index contributed by atoms with van der Waals surface area (Å²) in [5, 5.41) is 5.31. The zero-order chi connectivity index (χ0) is 22.1. The normalized spacial score (nSPS) is 16.2. The quantitative estimate of drug-likeness (QED) is 0.728. The van der Waals surface area contributed by atoms with Gasteiger partial charge in [0.25, 0.3) is 5.91 Å². The molecule has 1 saturated heterocycles. The molecule has 0 aliphatic carbocycles. The zero-order valence-corrected chi connectivity index (χ0v) is 19.9. The van der Waals surface area contributed by atoms with Crippen LogP contribution < -0.4 is 5.32 Å². The van der Waals surface area contributed by atoms with Crippen LogP contribution in [-0.4, -0.2) is 55.7 Å². The van der Waals surface area contributed by atoms with Gasteiger partial charge < -0.3 is 0 Å². The van der Waals surface area contributed by atoms with Crippen molar-refractivity contribution < 1.29 is 13.2 Å². The van der Waals surface area contributed by atoms with Gasteiger partial charge in [-0.05, 0) is 69.0 Å². The van der Waals surface area contributed by atoms with Crippen molar-refractivity contribution in [3.8, 4) is 0 Å². The Morgan fingerprint density at radius 3 is 2.57 bits per heavy atom. The fourth-order valence-electron chi connectivity index (χ4n) is 3.48. The lowest BCUT2D eigenvalue weighted by molar-refractivity contribution is 0.102. The number of carbonyl (C=O) groups excluding carboxylic acids is 1. The van der Waals surface area contributed by atoms with E-state index in [0.717, 1.165) is 41.1 Å². The Kier molecular flexibility index (Phi) is 6.96. The van der Waals surface area contributed by atoms with Crippen LogP contribution in [-0.2, 0) is 16.6 Å². The molecular formula is C21H30N4O3S2. The predicted octanol–water partition coefficient (Wildman–Crippen LogP) is 3.49. The van der Waals surface area contributed by atoms with Crippen molar-refractivity contribution in [1.82, 2.24) is 14.2 Å². The number of likely N-dealkylation sites (tertiary alicyclic amines) is 1. The van der Waals surface area contributed by atoms with E-state index in [1.54, 1.807) is 13.0 Å². The van der Waals surface area contributed by atoms with Gasteiger partial charge in [0, 0.05) is 31.6 Å². The second-order valence-corrected chi connectivity index (χ2v) is 11.2. The summed E-state index contributed by atoms with van der Waals surface area (Å²) >= 11 is 1.39. The molecule has 9 heteroatoms. The summed E-state index contributed by atoms with van der Waals surface area (Å²) in [6.07, 6.45) is 2.41. The van der Waals surface area contributed by atoms with Crippen LogP contribution >= 0.6 is 11.3 Å². The Morgan fingerprint density at radius 1 is 1.27 bits per heavy atom. The number of thiazole rings is 1. The number of piperidine rings is 1. The maximum absolute atomic E-state index is 12.8. The molecule has 1 aliphatic heterocycles. The van der Waals surface area contributed by atoms with Crippen molar-refractivity contribution in [1.29, 1.82) is 0 Å². The minimum absolute atomic E-state index is 0.150. The molecule has 30 heavy (non-hydrogen) atoms. The molecule has 0 radical (unpaired) electrons. The molecule has 0 saturated carbocycles. The third-order valence-electron chi connectivity index (χ3n) is 5.67. The highest BCUT2D eigenvalue weighted by molar-refractivity contribution is 7.89. The zero-order valence-electron chi connectivity index (χ0n) is 18.2. The van der Waals surface area contributed by atoms with Gasteiger partial charge in [-0.2, -0.15) is 0 Å². The third kappa shape index (κ3) is 5.08. The Bertz CT molecular complexity index is 1020. The number of hydrogen-bond acceptors (Lipinski definition) is 6. The van der Waals surface area contributed by atoms with Crippen LogP contribution in [0.1, 0.15) is 46.9 Å². The number of hydrogen-bond donors (Lipinski definition) is 1. The maximum atomic E-state index is 12.8. The minimum Gasteiger partial charge on any atom is -0.298 e. The summed E-state index contributed by atoms with van der Waals surface area (Å²) in [7, 11) is -0.674. The first-order chi connectivity index (χ1) is 14.1. The molecule has 7 nitrogen and oxygen atoms in total. The van der Waals surface area contributed by atoms with Crippen molar-refractivity contribution in [3.05, 3.63) is 39.9 Å². The smallest absolute Gasteiger partial charge is 0.257 e. The number of amides is 1. The second-order valence-electron chi connectivity index (χ2n) is 8.26. The molecule has 1 fully saturated rings. The summed E-state index contributed by atoms with van der Waals surface area (Å²) < 4.78 is 26.4. The molecule has 0 spiro atoms. The van der Waals surface area contributed by atoms with Crippen LogP contribution in [0.25, 0.3) is 0 Å². The van der Waals surface area contributed by atoms with E-state index in [1.807, 2.05) is 12.3 Å². The summed E-state index contributed by atoms with van der Waals surface area (Å²) in [6.45, 7) is 8.78. The Labute approximate surface area is 183 Å². The number of anilines is 1. The predicted molar refractivity (Wildman–Crippen MR) is 121 cm³/mol. The van der Waals surface area contributed by atoms with Crippen LogP contribution in [0, 0.1) is 19.8 Å². The Hall–Kier alpha value is -1.81. The van der Waals surface area contributed by atoms with Crippen molar-refractivity contribution in [2.24, 2.45) is 5.92 Å². The number of benzene rings is 1. The fraction of sp³-hybridized carbons (Fsp3) is 0.524. The van der Waals surface area contributed by atoms with Crippen LogP contribution in [0.3, 0.4) is 0 Å².